The Labute approximate surface area is 105 Å². The molecule has 0 aliphatic carbocycles. The topological polar surface area (TPSA) is 24.9 Å². The summed E-state index contributed by atoms with van der Waals surface area (Å²) >= 11 is 3.64. The first-order valence-electron chi connectivity index (χ1n) is 6.08. The van der Waals surface area contributed by atoms with Gasteiger partial charge in [-0.15, -0.1) is 0 Å². The first kappa shape index (κ1) is 16.2. The molecule has 1 rings (SSSR count). The van der Waals surface area contributed by atoms with Crippen LogP contribution >= 0.6 is 12.9 Å². The molecule has 1 aliphatic heterocycles. The molecule has 0 radical (unpaired) electrons. The minimum absolute atomic E-state index is 0.561. The second-order valence-corrected chi connectivity index (χ2v) is 3.85. The Hall–Kier alpha value is 0.190. The van der Waals surface area contributed by atoms with Gasteiger partial charge in [0.25, 0.3) is 0 Å². The number of piperazine rings is 1. The molecule has 1 aliphatic rings. The Morgan fingerprint density at radius 1 is 1.00 bits per heavy atom. The van der Waals surface area contributed by atoms with Crippen molar-refractivity contribution in [1.82, 2.24) is 9.80 Å². The number of hydrogen-bond donors (Lipinski definition) is 1. The lowest BCUT2D eigenvalue weighted by Gasteiger charge is -2.32. The van der Waals surface area contributed by atoms with Crippen molar-refractivity contribution >= 4 is 12.9 Å². The third-order valence-electron chi connectivity index (χ3n) is 2.47. The van der Waals surface area contributed by atoms with E-state index in [1.165, 1.54) is 13.1 Å². The molecule has 1 saturated heterocycles. The van der Waals surface area contributed by atoms with E-state index in [9.17, 15) is 0 Å². The smallest absolute Gasteiger partial charge is 0.0844 e. The third-order valence-corrected chi connectivity index (χ3v) is 2.65. The van der Waals surface area contributed by atoms with Crippen LogP contribution in [0.4, 0.5) is 0 Å². The van der Waals surface area contributed by atoms with Crippen LogP contribution in [-0.2, 0) is 8.92 Å². The highest BCUT2D eigenvalue weighted by atomic mass is 32.1. The lowest BCUT2D eigenvalue weighted by molar-refractivity contribution is 0.0695. The van der Waals surface area contributed by atoms with Gasteiger partial charge in [-0.05, 0) is 20.0 Å². The van der Waals surface area contributed by atoms with Gasteiger partial charge in [0.05, 0.1) is 19.8 Å². The fourth-order valence-corrected chi connectivity index (χ4v) is 1.54. The summed E-state index contributed by atoms with van der Waals surface area (Å²) in [6.45, 7) is 11.7. The third kappa shape index (κ3) is 8.35. The molecule has 4 nitrogen and oxygen atoms in total. The first-order chi connectivity index (χ1) is 7.83. The molecule has 1 fully saturated rings. The van der Waals surface area contributed by atoms with Crippen LogP contribution in [-0.4, -0.2) is 69.4 Å². The van der Waals surface area contributed by atoms with E-state index in [0.29, 0.717) is 13.2 Å². The number of likely N-dealkylation sites (N-methyl/N-ethyl adjacent to an activating group) is 1. The molecular weight excluding hydrogens is 224 g/mol. The molecule has 0 bridgehead atoms. The van der Waals surface area contributed by atoms with Gasteiger partial charge in [-0.25, -0.2) is 0 Å². The molecule has 0 aromatic heterocycles. The van der Waals surface area contributed by atoms with Crippen LogP contribution in [0.2, 0.25) is 0 Å². The van der Waals surface area contributed by atoms with Crippen LogP contribution in [0.15, 0.2) is 0 Å². The second-order valence-electron chi connectivity index (χ2n) is 3.59. The van der Waals surface area contributed by atoms with Crippen molar-refractivity contribution in [2.24, 2.45) is 0 Å². The summed E-state index contributed by atoms with van der Waals surface area (Å²) in [6, 6.07) is 0. The maximum atomic E-state index is 5.37. The van der Waals surface area contributed by atoms with E-state index in [0.717, 1.165) is 26.2 Å². The van der Waals surface area contributed by atoms with Crippen LogP contribution in [0.25, 0.3) is 0 Å². The fourth-order valence-electron chi connectivity index (χ4n) is 1.46. The summed E-state index contributed by atoms with van der Waals surface area (Å²) in [7, 11) is 2.16. The van der Waals surface area contributed by atoms with Crippen molar-refractivity contribution in [3.8, 4) is 0 Å². The summed E-state index contributed by atoms with van der Waals surface area (Å²) in [6.07, 6.45) is 0. The van der Waals surface area contributed by atoms with Gasteiger partial charge in [0, 0.05) is 32.7 Å². The monoisotopic (exact) mass is 250 g/mol. The predicted octanol–water partition coefficient (Wildman–Crippen LogP) is 1.14. The van der Waals surface area contributed by atoms with Crippen LogP contribution in [0.3, 0.4) is 0 Å². The Morgan fingerprint density at radius 3 is 2.19 bits per heavy atom. The fraction of sp³-hybridized carbons (Fsp3) is 1.00. The zero-order chi connectivity index (χ0) is 12.2. The quantitative estimate of drug-likeness (QED) is 0.434. The van der Waals surface area contributed by atoms with E-state index < -0.39 is 0 Å². The Kier molecular flexibility index (Phi) is 11.8. The highest BCUT2D eigenvalue weighted by molar-refractivity contribution is 7.75. The van der Waals surface area contributed by atoms with E-state index >= 15 is 0 Å². The highest BCUT2D eigenvalue weighted by Crippen LogP contribution is 1.98. The largest absolute Gasteiger partial charge is 0.378 e. The van der Waals surface area contributed by atoms with Crippen molar-refractivity contribution in [2.75, 3.05) is 59.6 Å². The SMILES string of the molecule is CC.CN1CCN(CCOCCOS)CC1. The van der Waals surface area contributed by atoms with Gasteiger partial charge in [0.1, 0.15) is 0 Å². The van der Waals surface area contributed by atoms with Gasteiger partial charge < -0.3 is 13.8 Å². The Balaban J connectivity index is 0.00000106. The minimum atomic E-state index is 0.561. The average Bonchev–Trinajstić information content (AvgIpc) is 2.34. The van der Waals surface area contributed by atoms with Crippen LogP contribution in [0.5, 0.6) is 0 Å². The van der Waals surface area contributed by atoms with Gasteiger partial charge in [0.15, 0.2) is 0 Å². The van der Waals surface area contributed by atoms with Crippen molar-refractivity contribution in [3.05, 3.63) is 0 Å². The second kappa shape index (κ2) is 11.7. The van der Waals surface area contributed by atoms with E-state index in [2.05, 4.69) is 33.9 Å². The molecule has 0 aromatic rings. The van der Waals surface area contributed by atoms with Gasteiger partial charge in [-0.2, -0.15) is 0 Å². The van der Waals surface area contributed by atoms with Crippen LogP contribution < -0.4 is 0 Å². The molecule has 5 heteroatoms. The van der Waals surface area contributed by atoms with Gasteiger partial charge in [-0.1, -0.05) is 13.8 Å². The molecular formula is C11H26N2O2S. The molecule has 1 heterocycles. The molecule has 0 amide bonds. The summed E-state index contributed by atoms with van der Waals surface area (Å²) in [5, 5.41) is 0. The standard InChI is InChI=1S/C9H20N2O2S.C2H6/c1-10-2-4-11(5-3-10)6-7-12-8-9-13-14;1-2/h14H,2-9H2,1H3;1-2H3. The summed E-state index contributed by atoms with van der Waals surface area (Å²) < 4.78 is 9.97. The lowest BCUT2D eigenvalue weighted by atomic mass is 10.3. The normalized spacial score (nSPS) is 18.0. The molecule has 16 heavy (non-hydrogen) atoms. The molecule has 0 N–H and O–H groups in total. The Morgan fingerprint density at radius 2 is 1.62 bits per heavy atom. The number of ether oxygens (including phenoxy) is 1. The summed E-state index contributed by atoms with van der Waals surface area (Å²) in [5.74, 6) is 0. The van der Waals surface area contributed by atoms with Gasteiger partial charge >= 0.3 is 0 Å². The molecule has 0 aromatic carbocycles. The lowest BCUT2D eigenvalue weighted by Crippen LogP contribution is -2.45. The van der Waals surface area contributed by atoms with Gasteiger partial charge in [0.2, 0.25) is 0 Å². The maximum Gasteiger partial charge on any atom is 0.0844 e. The number of hydrogen-bond acceptors (Lipinski definition) is 5. The molecule has 0 atom stereocenters. The Bertz CT molecular complexity index is 142. The van der Waals surface area contributed by atoms with E-state index in [-0.39, 0.29) is 0 Å². The maximum absolute atomic E-state index is 5.37. The molecule has 0 unspecified atom stereocenters. The molecule has 0 saturated carbocycles. The van der Waals surface area contributed by atoms with Crippen molar-refractivity contribution < 1.29 is 8.92 Å². The van der Waals surface area contributed by atoms with E-state index in [1.807, 2.05) is 13.8 Å². The molecule has 0 spiro atoms. The van der Waals surface area contributed by atoms with E-state index in [1.54, 1.807) is 0 Å². The molecule has 98 valence electrons. The highest BCUT2D eigenvalue weighted by Gasteiger charge is 2.12. The first-order valence-corrected chi connectivity index (χ1v) is 6.44. The zero-order valence-corrected chi connectivity index (χ0v) is 11.7. The van der Waals surface area contributed by atoms with Crippen molar-refractivity contribution in [1.29, 1.82) is 0 Å². The van der Waals surface area contributed by atoms with Gasteiger partial charge in [-0.3, -0.25) is 4.90 Å². The minimum Gasteiger partial charge on any atom is -0.378 e. The number of rotatable bonds is 6. The number of thiol groups is 1. The summed E-state index contributed by atoms with van der Waals surface area (Å²) in [5.41, 5.74) is 0. The number of nitrogens with zero attached hydrogens (tertiary/aromatic N) is 2. The van der Waals surface area contributed by atoms with E-state index in [4.69, 9.17) is 4.74 Å². The zero-order valence-electron chi connectivity index (χ0n) is 10.8. The van der Waals surface area contributed by atoms with Crippen LogP contribution in [0.1, 0.15) is 13.8 Å². The van der Waals surface area contributed by atoms with Crippen molar-refractivity contribution in [3.63, 3.8) is 0 Å². The van der Waals surface area contributed by atoms with Crippen LogP contribution in [0, 0.1) is 0 Å². The van der Waals surface area contributed by atoms with Crippen molar-refractivity contribution in [2.45, 2.75) is 13.8 Å². The average molecular weight is 250 g/mol. The summed E-state index contributed by atoms with van der Waals surface area (Å²) in [4.78, 5) is 4.79. The predicted molar refractivity (Wildman–Crippen MR) is 71.0 cm³/mol.